The fourth-order valence-electron chi connectivity index (χ4n) is 2.42. The van der Waals surface area contributed by atoms with Crippen LogP contribution >= 0.6 is 11.8 Å². The number of thioether (sulfide) groups is 1. The van der Waals surface area contributed by atoms with Crippen molar-refractivity contribution in [3.8, 4) is 0 Å². The molecule has 1 saturated heterocycles. The van der Waals surface area contributed by atoms with E-state index < -0.39 is 0 Å². The minimum atomic E-state index is -0.197. The molecule has 0 aliphatic carbocycles. The van der Waals surface area contributed by atoms with Crippen LogP contribution in [-0.2, 0) is 9.59 Å². The molecule has 1 aliphatic heterocycles. The lowest BCUT2D eigenvalue weighted by Gasteiger charge is -2.22. The molecule has 0 spiro atoms. The molecule has 1 aromatic rings. The number of para-hydroxylation sites is 1. The summed E-state index contributed by atoms with van der Waals surface area (Å²) in [4.78, 5) is 23.8. The van der Waals surface area contributed by atoms with E-state index in [1.807, 2.05) is 43.8 Å². The highest BCUT2D eigenvalue weighted by Gasteiger charge is 2.17. The van der Waals surface area contributed by atoms with Gasteiger partial charge in [-0.2, -0.15) is 11.8 Å². The van der Waals surface area contributed by atoms with E-state index in [4.69, 9.17) is 0 Å². The molecule has 1 unspecified atom stereocenters. The number of rotatable bonds is 5. The Labute approximate surface area is 135 Å². The van der Waals surface area contributed by atoms with E-state index >= 15 is 0 Å². The average molecular weight is 321 g/mol. The number of aryl methyl sites for hydroxylation is 2. The molecule has 1 fully saturated rings. The van der Waals surface area contributed by atoms with E-state index in [2.05, 4.69) is 16.0 Å². The maximum absolute atomic E-state index is 12.0. The standard InChI is InChI=1S/C16H23N3O2S/c1-11-4-3-5-12(2)16(11)19-15(21)9-18-14(20)8-13-10-22-7-6-17-13/h3-5,13,17H,6-10H2,1-2H3,(H,18,20)(H,19,21). The number of carbonyl (C=O) groups excluding carboxylic acids is 2. The van der Waals surface area contributed by atoms with Crippen LogP contribution in [0.3, 0.4) is 0 Å². The van der Waals surface area contributed by atoms with Gasteiger partial charge in [-0.05, 0) is 25.0 Å². The first kappa shape index (κ1) is 16.8. The van der Waals surface area contributed by atoms with Crippen molar-refractivity contribution in [1.29, 1.82) is 0 Å². The lowest BCUT2D eigenvalue weighted by Crippen LogP contribution is -2.42. The highest BCUT2D eigenvalue weighted by molar-refractivity contribution is 7.99. The summed E-state index contributed by atoms with van der Waals surface area (Å²) in [6.07, 6.45) is 0.420. The lowest BCUT2D eigenvalue weighted by molar-refractivity contribution is -0.124. The first-order valence-electron chi connectivity index (χ1n) is 7.50. The van der Waals surface area contributed by atoms with E-state index in [-0.39, 0.29) is 24.4 Å². The van der Waals surface area contributed by atoms with Crippen LogP contribution in [-0.4, -0.2) is 42.5 Å². The van der Waals surface area contributed by atoms with Crippen molar-refractivity contribution in [3.05, 3.63) is 29.3 Å². The van der Waals surface area contributed by atoms with Gasteiger partial charge in [0.25, 0.3) is 0 Å². The first-order chi connectivity index (χ1) is 10.6. The second-order valence-corrected chi connectivity index (χ2v) is 6.67. The summed E-state index contributed by atoms with van der Waals surface area (Å²) in [7, 11) is 0. The fourth-order valence-corrected chi connectivity index (χ4v) is 3.37. The molecule has 1 atom stereocenters. The Kier molecular flexibility index (Phi) is 6.27. The van der Waals surface area contributed by atoms with E-state index in [1.54, 1.807) is 0 Å². The second kappa shape index (κ2) is 8.19. The average Bonchev–Trinajstić information content (AvgIpc) is 2.50. The minimum Gasteiger partial charge on any atom is -0.347 e. The first-order valence-corrected chi connectivity index (χ1v) is 8.65. The number of carbonyl (C=O) groups is 2. The lowest BCUT2D eigenvalue weighted by atomic mass is 10.1. The molecule has 0 bridgehead atoms. The normalized spacial score (nSPS) is 17.8. The van der Waals surface area contributed by atoms with Gasteiger partial charge in [0, 0.05) is 36.2 Å². The summed E-state index contributed by atoms with van der Waals surface area (Å²) in [6, 6.07) is 6.07. The molecule has 3 N–H and O–H groups in total. The second-order valence-electron chi connectivity index (χ2n) is 5.52. The summed E-state index contributed by atoms with van der Waals surface area (Å²) in [6.45, 7) is 4.85. The number of benzene rings is 1. The van der Waals surface area contributed by atoms with E-state index in [0.29, 0.717) is 6.42 Å². The van der Waals surface area contributed by atoms with Crippen LogP contribution in [0.4, 0.5) is 5.69 Å². The van der Waals surface area contributed by atoms with Crippen molar-refractivity contribution in [2.75, 3.05) is 29.9 Å². The van der Waals surface area contributed by atoms with Crippen molar-refractivity contribution in [2.45, 2.75) is 26.3 Å². The Hall–Kier alpha value is -1.53. The molecule has 1 aliphatic rings. The van der Waals surface area contributed by atoms with Gasteiger partial charge >= 0.3 is 0 Å². The highest BCUT2D eigenvalue weighted by Crippen LogP contribution is 2.19. The zero-order valence-electron chi connectivity index (χ0n) is 13.1. The number of anilines is 1. The molecular formula is C16H23N3O2S. The van der Waals surface area contributed by atoms with E-state index in [1.165, 1.54) is 0 Å². The minimum absolute atomic E-state index is 0.00642. The fraction of sp³-hybridized carbons (Fsp3) is 0.500. The number of nitrogens with one attached hydrogen (secondary N) is 3. The predicted octanol–water partition coefficient (Wildman–Crippen LogP) is 1.45. The van der Waals surface area contributed by atoms with Crippen molar-refractivity contribution >= 4 is 29.3 Å². The quantitative estimate of drug-likeness (QED) is 0.768. The highest BCUT2D eigenvalue weighted by atomic mass is 32.2. The maximum Gasteiger partial charge on any atom is 0.243 e. The van der Waals surface area contributed by atoms with Crippen LogP contribution < -0.4 is 16.0 Å². The van der Waals surface area contributed by atoms with Crippen LogP contribution in [0.15, 0.2) is 18.2 Å². The molecule has 2 rings (SSSR count). The molecule has 5 nitrogen and oxygen atoms in total. The smallest absolute Gasteiger partial charge is 0.243 e. The predicted molar refractivity (Wildman–Crippen MR) is 91.3 cm³/mol. The van der Waals surface area contributed by atoms with Crippen molar-refractivity contribution < 1.29 is 9.59 Å². The molecule has 1 heterocycles. The molecule has 2 amide bonds. The molecule has 0 aromatic heterocycles. The van der Waals surface area contributed by atoms with Crippen LogP contribution in [0.5, 0.6) is 0 Å². The Morgan fingerprint density at radius 2 is 2.00 bits per heavy atom. The van der Waals surface area contributed by atoms with Gasteiger partial charge < -0.3 is 16.0 Å². The molecule has 6 heteroatoms. The molecule has 0 saturated carbocycles. The van der Waals surface area contributed by atoms with Gasteiger partial charge in [0.05, 0.1) is 6.54 Å². The van der Waals surface area contributed by atoms with Gasteiger partial charge in [-0.15, -0.1) is 0 Å². The van der Waals surface area contributed by atoms with Crippen molar-refractivity contribution in [1.82, 2.24) is 10.6 Å². The monoisotopic (exact) mass is 321 g/mol. The summed E-state index contributed by atoms with van der Waals surface area (Å²) in [5, 5.41) is 8.86. The Balaban J connectivity index is 1.76. The summed E-state index contributed by atoms with van der Waals surface area (Å²) in [5.41, 5.74) is 2.86. The topological polar surface area (TPSA) is 70.2 Å². The molecular weight excluding hydrogens is 298 g/mol. The molecule has 1 aromatic carbocycles. The molecule has 120 valence electrons. The molecule has 0 radical (unpaired) electrons. The zero-order valence-corrected chi connectivity index (χ0v) is 13.9. The van der Waals surface area contributed by atoms with Gasteiger partial charge in [-0.25, -0.2) is 0 Å². The largest absolute Gasteiger partial charge is 0.347 e. The van der Waals surface area contributed by atoms with Crippen LogP contribution in [0, 0.1) is 13.8 Å². The third kappa shape index (κ3) is 5.03. The van der Waals surface area contributed by atoms with Gasteiger partial charge in [-0.1, -0.05) is 18.2 Å². The SMILES string of the molecule is Cc1cccc(C)c1NC(=O)CNC(=O)CC1CSCCN1. The van der Waals surface area contributed by atoms with Gasteiger partial charge in [-0.3, -0.25) is 9.59 Å². The number of amides is 2. The van der Waals surface area contributed by atoms with Crippen LogP contribution in [0.2, 0.25) is 0 Å². The van der Waals surface area contributed by atoms with Crippen molar-refractivity contribution in [3.63, 3.8) is 0 Å². The zero-order chi connectivity index (χ0) is 15.9. The maximum atomic E-state index is 12.0. The Morgan fingerprint density at radius 3 is 2.64 bits per heavy atom. The third-order valence-corrected chi connectivity index (χ3v) is 4.75. The number of hydrogen-bond acceptors (Lipinski definition) is 4. The van der Waals surface area contributed by atoms with E-state index in [9.17, 15) is 9.59 Å². The van der Waals surface area contributed by atoms with Crippen LogP contribution in [0.1, 0.15) is 17.5 Å². The Morgan fingerprint density at radius 1 is 1.27 bits per heavy atom. The number of hydrogen-bond donors (Lipinski definition) is 3. The molecule has 22 heavy (non-hydrogen) atoms. The van der Waals surface area contributed by atoms with Gasteiger partial charge in [0.2, 0.25) is 11.8 Å². The van der Waals surface area contributed by atoms with Crippen LogP contribution in [0.25, 0.3) is 0 Å². The summed E-state index contributed by atoms with van der Waals surface area (Å²) in [5.74, 6) is 1.76. The summed E-state index contributed by atoms with van der Waals surface area (Å²) < 4.78 is 0. The third-order valence-electron chi connectivity index (χ3n) is 3.62. The van der Waals surface area contributed by atoms with Crippen molar-refractivity contribution in [2.24, 2.45) is 0 Å². The van der Waals surface area contributed by atoms with E-state index in [0.717, 1.165) is 34.9 Å². The Bertz CT molecular complexity index is 522. The van der Waals surface area contributed by atoms with Gasteiger partial charge in [0.1, 0.15) is 0 Å². The van der Waals surface area contributed by atoms with Gasteiger partial charge in [0.15, 0.2) is 0 Å². The summed E-state index contributed by atoms with van der Waals surface area (Å²) >= 11 is 1.85.